The van der Waals surface area contributed by atoms with Crippen molar-refractivity contribution in [2.24, 2.45) is 0 Å². The van der Waals surface area contributed by atoms with Crippen molar-refractivity contribution in [2.45, 2.75) is 45.3 Å². The zero-order valence-electron chi connectivity index (χ0n) is 19.8. The van der Waals surface area contributed by atoms with Gasteiger partial charge in [-0.15, -0.1) is 9.24 Å². The molecule has 32 heavy (non-hydrogen) atoms. The lowest BCUT2D eigenvalue weighted by atomic mass is 10.0. The van der Waals surface area contributed by atoms with Crippen molar-refractivity contribution in [3.63, 3.8) is 0 Å². The molecule has 4 rings (SSSR count). The number of carbonyl (C=O) groups excluding carboxylic acids is 1. The first kappa shape index (κ1) is 23.2. The number of likely N-dealkylation sites (tertiary alicyclic amines) is 1. The summed E-state index contributed by atoms with van der Waals surface area (Å²) in [5.74, 6) is 0.0566. The Balaban J connectivity index is 1.70. The first-order valence-corrected chi connectivity index (χ1v) is 12.2. The van der Waals surface area contributed by atoms with Gasteiger partial charge in [0.25, 0.3) is 5.91 Å². The molecular weight excluding hydrogens is 417 g/mol. The highest BCUT2D eigenvalue weighted by molar-refractivity contribution is 7.27. The van der Waals surface area contributed by atoms with Crippen LogP contribution in [0.3, 0.4) is 0 Å². The molecule has 6 nitrogen and oxygen atoms in total. The van der Waals surface area contributed by atoms with E-state index in [0.29, 0.717) is 6.04 Å². The molecule has 0 radical (unpaired) electrons. The van der Waals surface area contributed by atoms with Crippen LogP contribution in [-0.2, 0) is 6.54 Å². The Morgan fingerprint density at radius 3 is 2.59 bits per heavy atom. The number of anilines is 2. The maximum Gasteiger partial charge on any atom is 0.255 e. The summed E-state index contributed by atoms with van der Waals surface area (Å²) in [6.45, 7) is 9.15. The van der Waals surface area contributed by atoms with E-state index in [0.717, 1.165) is 55.0 Å². The molecule has 1 fully saturated rings. The number of pyridine rings is 1. The number of carbonyl (C=O) groups is 1. The largest absolute Gasteiger partial charge is 0.339 e. The van der Waals surface area contributed by atoms with Gasteiger partial charge in [0.2, 0.25) is 0 Å². The molecule has 3 heterocycles. The molecule has 172 valence electrons. The maximum atomic E-state index is 13.4. The minimum atomic E-state index is 0.0566. The van der Waals surface area contributed by atoms with Crippen molar-refractivity contribution in [1.82, 2.24) is 19.7 Å². The molecule has 1 aromatic heterocycles. The Morgan fingerprint density at radius 2 is 1.88 bits per heavy atom. The molecule has 1 atom stereocenters. The van der Waals surface area contributed by atoms with E-state index in [-0.39, 0.29) is 11.9 Å². The predicted molar refractivity (Wildman–Crippen MR) is 135 cm³/mol. The van der Waals surface area contributed by atoms with E-state index < -0.39 is 0 Å². The molecule has 2 aliphatic rings. The van der Waals surface area contributed by atoms with Gasteiger partial charge in [0.15, 0.2) is 0 Å². The molecule has 0 bridgehead atoms. The fourth-order valence-electron chi connectivity index (χ4n) is 4.75. The number of benzene rings is 1. The van der Waals surface area contributed by atoms with Crippen LogP contribution in [0.1, 0.15) is 42.6 Å². The number of hydrogen-bond donors (Lipinski definition) is 0. The molecule has 1 saturated heterocycles. The van der Waals surface area contributed by atoms with Crippen molar-refractivity contribution in [2.75, 3.05) is 45.2 Å². The van der Waals surface area contributed by atoms with Crippen LogP contribution in [0, 0.1) is 0 Å². The second-order valence-electron chi connectivity index (χ2n) is 9.45. The van der Waals surface area contributed by atoms with Crippen LogP contribution in [0.4, 0.5) is 11.4 Å². The summed E-state index contributed by atoms with van der Waals surface area (Å²) in [4.78, 5) is 27.0. The lowest BCUT2D eigenvalue weighted by Crippen LogP contribution is -2.44. The topological polar surface area (TPSA) is 42.9 Å². The van der Waals surface area contributed by atoms with Gasteiger partial charge in [-0.05, 0) is 75.9 Å². The summed E-state index contributed by atoms with van der Waals surface area (Å²) in [7, 11) is 6.82. The lowest BCUT2D eigenvalue weighted by Gasteiger charge is -2.37. The van der Waals surface area contributed by atoms with Crippen molar-refractivity contribution in [1.29, 1.82) is 0 Å². The summed E-state index contributed by atoms with van der Waals surface area (Å²) in [6, 6.07) is 9.04. The highest BCUT2D eigenvalue weighted by Crippen LogP contribution is 2.35. The summed E-state index contributed by atoms with van der Waals surface area (Å²) in [6.07, 6.45) is 6.27. The third kappa shape index (κ3) is 4.83. The smallest absolute Gasteiger partial charge is 0.255 e. The summed E-state index contributed by atoms with van der Waals surface area (Å²) < 4.78 is 0. The SMILES string of the molecule is CC(C)N(C)C(=O)c1cc(P)ccc1N1CCN(C2CCN(C)CC2)Cc2ccncc21. The van der Waals surface area contributed by atoms with Gasteiger partial charge in [-0.3, -0.25) is 14.7 Å². The van der Waals surface area contributed by atoms with Crippen LogP contribution in [0.25, 0.3) is 0 Å². The molecule has 0 N–H and O–H groups in total. The van der Waals surface area contributed by atoms with Crippen LogP contribution < -0.4 is 10.2 Å². The van der Waals surface area contributed by atoms with E-state index in [1.54, 1.807) is 0 Å². The molecule has 1 unspecified atom stereocenters. The second-order valence-corrected chi connectivity index (χ2v) is 10.1. The first-order valence-electron chi connectivity index (χ1n) is 11.6. The molecule has 0 aliphatic carbocycles. The molecule has 1 amide bonds. The maximum absolute atomic E-state index is 13.4. The van der Waals surface area contributed by atoms with Crippen LogP contribution >= 0.6 is 9.24 Å². The number of piperidine rings is 1. The lowest BCUT2D eigenvalue weighted by molar-refractivity contribution is 0.0755. The van der Waals surface area contributed by atoms with Crippen molar-refractivity contribution < 1.29 is 4.79 Å². The number of rotatable bonds is 4. The summed E-state index contributed by atoms with van der Waals surface area (Å²) >= 11 is 0. The van der Waals surface area contributed by atoms with Gasteiger partial charge in [-0.1, -0.05) is 6.07 Å². The summed E-state index contributed by atoms with van der Waals surface area (Å²) in [5, 5.41) is 1.02. The quantitative estimate of drug-likeness (QED) is 0.666. The Bertz CT molecular complexity index is 957. The van der Waals surface area contributed by atoms with Crippen LogP contribution in [0.15, 0.2) is 36.7 Å². The van der Waals surface area contributed by atoms with Crippen molar-refractivity contribution >= 4 is 31.8 Å². The van der Waals surface area contributed by atoms with Crippen molar-refractivity contribution in [3.8, 4) is 0 Å². The van der Waals surface area contributed by atoms with E-state index in [9.17, 15) is 4.79 Å². The van der Waals surface area contributed by atoms with Crippen LogP contribution in [0.5, 0.6) is 0 Å². The van der Waals surface area contributed by atoms with E-state index in [1.807, 2.05) is 44.3 Å². The monoisotopic (exact) mass is 453 g/mol. The van der Waals surface area contributed by atoms with Gasteiger partial charge in [-0.2, -0.15) is 0 Å². The van der Waals surface area contributed by atoms with Crippen LogP contribution in [-0.4, -0.2) is 77.9 Å². The van der Waals surface area contributed by atoms with E-state index >= 15 is 0 Å². The Hall–Kier alpha value is -2.01. The molecule has 1 aromatic carbocycles. The number of hydrogen-bond acceptors (Lipinski definition) is 5. The first-order chi connectivity index (χ1) is 15.3. The molecular formula is C25H36N5OP. The Kier molecular flexibility index (Phi) is 7.14. The van der Waals surface area contributed by atoms with Gasteiger partial charge < -0.3 is 14.7 Å². The second kappa shape index (κ2) is 9.86. The Labute approximate surface area is 194 Å². The minimum Gasteiger partial charge on any atom is -0.339 e. The van der Waals surface area contributed by atoms with Gasteiger partial charge in [0, 0.05) is 45.0 Å². The van der Waals surface area contributed by atoms with Gasteiger partial charge >= 0.3 is 0 Å². The fraction of sp³-hybridized carbons (Fsp3) is 0.520. The molecule has 2 aromatic rings. The van der Waals surface area contributed by atoms with Gasteiger partial charge in [0.1, 0.15) is 0 Å². The zero-order valence-corrected chi connectivity index (χ0v) is 20.9. The van der Waals surface area contributed by atoms with Gasteiger partial charge in [-0.25, -0.2) is 0 Å². The molecule has 7 heteroatoms. The Morgan fingerprint density at radius 1 is 1.12 bits per heavy atom. The molecule has 0 spiro atoms. The minimum absolute atomic E-state index is 0.0566. The van der Waals surface area contributed by atoms with Gasteiger partial charge in [0.05, 0.1) is 23.1 Å². The highest BCUT2D eigenvalue weighted by atomic mass is 31.0. The van der Waals surface area contributed by atoms with E-state index in [2.05, 4.69) is 54.2 Å². The summed E-state index contributed by atoms with van der Waals surface area (Å²) in [5.41, 5.74) is 4.10. The highest BCUT2D eigenvalue weighted by Gasteiger charge is 2.30. The average Bonchev–Trinajstić information content (AvgIpc) is 2.98. The normalized spacial score (nSPS) is 18.5. The third-order valence-corrected chi connectivity index (χ3v) is 7.36. The third-order valence-electron chi connectivity index (χ3n) is 7.00. The number of amides is 1. The van der Waals surface area contributed by atoms with Crippen LogP contribution in [0.2, 0.25) is 0 Å². The molecule has 2 aliphatic heterocycles. The number of fused-ring (bicyclic) bond motifs is 1. The van der Waals surface area contributed by atoms with Crippen molar-refractivity contribution in [3.05, 3.63) is 47.8 Å². The fourth-order valence-corrected chi connectivity index (χ4v) is 5.01. The number of aromatic nitrogens is 1. The predicted octanol–water partition coefficient (Wildman–Crippen LogP) is 3.11. The standard InChI is InChI=1S/C25H36N5OP/c1-18(2)28(4)25(31)22-15-21(32)5-6-23(22)30-14-13-29(20-8-11-27(3)12-9-20)17-19-7-10-26-16-24(19)30/h5-7,10,15-16,18,20H,8-9,11-14,17,32H2,1-4H3. The number of nitrogens with zero attached hydrogens (tertiary/aromatic N) is 5. The molecule has 0 saturated carbocycles. The zero-order chi connectivity index (χ0) is 22.8. The van der Waals surface area contributed by atoms with E-state index in [4.69, 9.17) is 0 Å². The van der Waals surface area contributed by atoms with E-state index in [1.165, 1.54) is 18.4 Å². The average molecular weight is 454 g/mol.